The number of rotatable bonds is 8. The Morgan fingerprint density at radius 1 is 1.16 bits per heavy atom. The van der Waals surface area contributed by atoms with Gasteiger partial charge in [-0.1, -0.05) is 49.4 Å². The number of nitrogens with one attached hydrogen (secondary N) is 2. The zero-order valence-corrected chi connectivity index (χ0v) is 21.2. The van der Waals surface area contributed by atoms with Crippen molar-refractivity contribution >= 4 is 38.8 Å². The maximum atomic E-state index is 13.0. The van der Waals surface area contributed by atoms with Gasteiger partial charge < -0.3 is 20.3 Å². The summed E-state index contributed by atoms with van der Waals surface area (Å²) in [6.45, 7) is 2.18. The number of H-pyrrole nitrogens is 1. The van der Waals surface area contributed by atoms with Crippen molar-refractivity contribution in [2.75, 3.05) is 18.8 Å². The molecule has 0 bridgehead atoms. The number of carbonyl (C=O) groups excluding carboxylic acids is 1. The van der Waals surface area contributed by atoms with E-state index < -0.39 is 39.0 Å². The van der Waals surface area contributed by atoms with Crippen molar-refractivity contribution in [2.45, 2.75) is 37.0 Å². The number of nitrogens with zero attached hydrogens (tertiary/aromatic N) is 1. The molecular weight excluding hydrogens is 497 g/mol. The van der Waals surface area contributed by atoms with Crippen molar-refractivity contribution in [1.82, 2.24) is 15.2 Å². The summed E-state index contributed by atoms with van der Waals surface area (Å²) < 4.78 is 38.6. The van der Waals surface area contributed by atoms with Crippen molar-refractivity contribution in [3.8, 4) is 0 Å². The molecule has 2 aromatic carbocycles. The molecule has 2 atom stereocenters. The van der Waals surface area contributed by atoms with E-state index in [1.165, 1.54) is 17.0 Å². The smallest absolute Gasteiger partial charge is 0.326 e. The molecule has 1 aliphatic heterocycles. The van der Waals surface area contributed by atoms with Crippen LogP contribution in [0.3, 0.4) is 0 Å². The van der Waals surface area contributed by atoms with E-state index in [9.17, 15) is 27.5 Å². The number of carboxylic acids is 1. The summed E-state index contributed by atoms with van der Waals surface area (Å²) >= 11 is 0. The zero-order valence-electron chi connectivity index (χ0n) is 20.4. The molecule has 1 aliphatic rings. The minimum absolute atomic E-state index is 0.148. The number of amides is 2. The van der Waals surface area contributed by atoms with Crippen LogP contribution in [0.4, 0.5) is 9.18 Å². The number of sulfone groups is 1. The lowest BCUT2D eigenvalue weighted by molar-refractivity contribution is -0.139. The van der Waals surface area contributed by atoms with Gasteiger partial charge in [0.05, 0.1) is 11.0 Å². The number of para-hydroxylation sites is 1. The largest absolute Gasteiger partial charge is 0.480 e. The van der Waals surface area contributed by atoms with E-state index >= 15 is 0 Å². The lowest BCUT2D eigenvalue weighted by Gasteiger charge is -2.33. The maximum Gasteiger partial charge on any atom is 0.326 e. The van der Waals surface area contributed by atoms with E-state index in [2.05, 4.69) is 10.3 Å². The van der Waals surface area contributed by atoms with Crippen molar-refractivity contribution in [1.29, 1.82) is 0 Å². The molecule has 0 saturated carbocycles. The molecule has 3 aromatic rings. The number of aliphatic carboxylic acids is 1. The molecule has 1 aromatic heterocycles. The van der Waals surface area contributed by atoms with Gasteiger partial charge in [0.15, 0.2) is 9.84 Å². The molecular formula is C27H30FN3O5S. The minimum atomic E-state index is -3.43. The molecule has 3 N–H and O–H groups in total. The number of piperidine rings is 1. The van der Waals surface area contributed by atoms with Gasteiger partial charge in [-0.2, -0.15) is 0 Å². The Morgan fingerprint density at radius 3 is 2.51 bits per heavy atom. The number of aromatic nitrogens is 1. The Bertz CT molecular complexity index is 1390. The van der Waals surface area contributed by atoms with Crippen LogP contribution < -0.4 is 5.32 Å². The second-order valence-corrected chi connectivity index (χ2v) is 11.6. The van der Waals surface area contributed by atoms with Gasteiger partial charge in [0.25, 0.3) is 0 Å². The molecule has 0 radical (unpaired) electrons. The first kappa shape index (κ1) is 26.4. The average Bonchev–Trinajstić information content (AvgIpc) is 3.32. The lowest BCUT2D eigenvalue weighted by atomic mass is 9.93. The molecule has 2 amide bonds. The number of likely N-dealkylation sites (tertiary alicyclic amines) is 1. The molecule has 0 spiro atoms. The summed E-state index contributed by atoms with van der Waals surface area (Å²) in [5.74, 6) is -2.15. The Hall–Kier alpha value is -3.66. The summed E-state index contributed by atoms with van der Waals surface area (Å²) in [7, 11) is -3.43. The van der Waals surface area contributed by atoms with Gasteiger partial charge in [-0.15, -0.1) is 0 Å². The predicted molar refractivity (Wildman–Crippen MR) is 140 cm³/mol. The van der Waals surface area contributed by atoms with Gasteiger partial charge in [-0.25, -0.2) is 22.4 Å². The van der Waals surface area contributed by atoms with E-state index in [0.717, 1.165) is 16.5 Å². The van der Waals surface area contributed by atoms with Crippen LogP contribution in [0.5, 0.6) is 0 Å². The van der Waals surface area contributed by atoms with Crippen LogP contribution in [0.1, 0.15) is 36.8 Å². The minimum Gasteiger partial charge on any atom is -0.480 e. The summed E-state index contributed by atoms with van der Waals surface area (Å²) in [4.78, 5) is 29.6. The number of carboxylic acid groups (broad SMARTS) is 1. The van der Waals surface area contributed by atoms with Crippen LogP contribution >= 0.6 is 0 Å². The molecule has 37 heavy (non-hydrogen) atoms. The van der Waals surface area contributed by atoms with Gasteiger partial charge in [0, 0.05) is 36.1 Å². The highest BCUT2D eigenvalue weighted by atomic mass is 32.2. The number of benzene rings is 2. The van der Waals surface area contributed by atoms with Gasteiger partial charge in [0.2, 0.25) is 0 Å². The fraction of sp³-hybridized carbons (Fsp3) is 0.333. The van der Waals surface area contributed by atoms with Crippen LogP contribution in [0, 0.1) is 5.82 Å². The third-order valence-corrected chi connectivity index (χ3v) is 9.05. The fourth-order valence-corrected chi connectivity index (χ4v) is 6.29. The standard InChI is InChI=1S/C27H30FN3O5S/c1-18(23-17-29-24-7-3-2-6-22(23)24)25(26(32)33)30-27(34)31-14-12-21(13-15-31)37(35,36)16-4-5-19-8-10-20(28)11-9-19/h2-11,17-18,21,25,29H,12-16H2,1H3,(H,30,34)(H,32,33). The van der Waals surface area contributed by atoms with Crippen molar-refractivity contribution in [3.63, 3.8) is 0 Å². The normalized spacial score (nSPS) is 16.6. The molecule has 2 heterocycles. The SMILES string of the molecule is CC(c1c[nH]c2ccccc12)C(NC(=O)N1CCC(S(=O)(=O)CC=Cc2ccc(F)cc2)CC1)C(=O)O. The van der Waals surface area contributed by atoms with E-state index in [-0.39, 0.29) is 37.5 Å². The van der Waals surface area contributed by atoms with Gasteiger partial charge in [0.1, 0.15) is 11.9 Å². The number of halogens is 1. The van der Waals surface area contributed by atoms with Gasteiger partial charge in [-0.3, -0.25) is 0 Å². The first-order chi connectivity index (χ1) is 17.7. The van der Waals surface area contributed by atoms with Crippen LogP contribution in [0.2, 0.25) is 0 Å². The van der Waals surface area contributed by atoms with E-state index in [1.807, 2.05) is 24.3 Å². The number of urea groups is 1. The van der Waals surface area contributed by atoms with Crippen molar-refractivity contribution in [2.24, 2.45) is 0 Å². The summed E-state index contributed by atoms with van der Waals surface area (Å²) in [5.41, 5.74) is 2.38. The molecule has 8 nitrogen and oxygen atoms in total. The number of fused-ring (bicyclic) bond motifs is 1. The molecule has 0 aliphatic carbocycles. The second-order valence-electron chi connectivity index (χ2n) is 9.31. The van der Waals surface area contributed by atoms with Gasteiger partial charge in [-0.05, 0) is 42.2 Å². The summed E-state index contributed by atoms with van der Waals surface area (Å²) in [6, 6.07) is 11.6. The molecule has 196 valence electrons. The summed E-state index contributed by atoms with van der Waals surface area (Å²) in [6.07, 6.45) is 5.50. The first-order valence-corrected chi connectivity index (χ1v) is 13.8. The first-order valence-electron chi connectivity index (χ1n) is 12.1. The quantitative estimate of drug-likeness (QED) is 0.406. The van der Waals surface area contributed by atoms with Crippen LogP contribution in [-0.2, 0) is 14.6 Å². The second kappa shape index (κ2) is 11.2. The highest BCUT2D eigenvalue weighted by Crippen LogP contribution is 2.28. The maximum absolute atomic E-state index is 13.0. The van der Waals surface area contributed by atoms with E-state index in [1.54, 1.807) is 37.4 Å². The molecule has 2 unspecified atom stereocenters. The van der Waals surface area contributed by atoms with Crippen LogP contribution in [-0.4, -0.2) is 65.5 Å². The van der Waals surface area contributed by atoms with E-state index in [4.69, 9.17) is 0 Å². The van der Waals surface area contributed by atoms with Gasteiger partial charge >= 0.3 is 12.0 Å². The molecule has 1 saturated heterocycles. The third-order valence-electron chi connectivity index (χ3n) is 6.90. The predicted octanol–water partition coefficient (Wildman–Crippen LogP) is 4.17. The number of aromatic amines is 1. The number of carbonyl (C=O) groups is 2. The van der Waals surface area contributed by atoms with Crippen molar-refractivity contribution in [3.05, 3.63) is 77.7 Å². The fourth-order valence-electron chi connectivity index (χ4n) is 4.72. The summed E-state index contributed by atoms with van der Waals surface area (Å²) in [5, 5.41) is 12.8. The Labute approximate surface area is 215 Å². The Balaban J connectivity index is 1.34. The van der Waals surface area contributed by atoms with Crippen LogP contribution in [0.15, 0.2) is 60.8 Å². The highest BCUT2D eigenvalue weighted by Gasteiger charge is 2.34. The molecule has 4 rings (SSSR count). The molecule has 1 fully saturated rings. The lowest BCUT2D eigenvalue weighted by Crippen LogP contribution is -2.52. The highest BCUT2D eigenvalue weighted by molar-refractivity contribution is 7.92. The average molecular weight is 528 g/mol. The third kappa shape index (κ3) is 6.19. The van der Waals surface area contributed by atoms with Crippen LogP contribution in [0.25, 0.3) is 17.0 Å². The Kier molecular flexibility index (Phi) is 7.97. The topological polar surface area (TPSA) is 120 Å². The Morgan fingerprint density at radius 2 is 1.84 bits per heavy atom. The van der Waals surface area contributed by atoms with E-state index in [0.29, 0.717) is 5.56 Å². The number of hydrogen-bond acceptors (Lipinski definition) is 4. The monoisotopic (exact) mass is 527 g/mol. The number of hydrogen-bond donors (Lipinski definition) is 3. The zero-order chi connectivity index (χ0) is 26.6. The van der Waals surface area contributed by atoms with Crippen molar-refractivity contribution < 1.29 is 27.5 Å². The molecule has 10 heteroatoms.